The van der Waals surface area contributed by atoms with Gasteiger partial charge in [-0.1, -0.05) is 24.9 Å². The van der Waals surface area contributed by atoms with Crippen molar-refractivity contribution in [3.05, 3.63) is 35.7 Å². The first kappa shape index (κ1) is 26.5. The van der Waals surface area contributed by atoms with Gasteiger partial charge >= 0.3 is 12.3 Å². The van der Waals surface area contributed by atoms with Gasteiger partial charge in [-0.15, -0.1) is 0 Å². The summed E-state index contributed by atoms with van der Waals surface area (Å²) < 4.78 is 43.6. The highest BCUT2D eigenvalue weighted by Gasteiger charge is 2.37. The minimum atomic E-state index is -4.58. The molecule has 2 amide bonds. The van der Waals surface area contributed by atoms with E-state index in [9.17, 15) is 22.8 Å². The SMILES string of the molecule is CCCCOC(=O)N1CCN(c2ccnc(-c3c[nH]c4ncc(Cl)cc34)n2)[C@H](C(=O)NCC(F)(F)F)C1. The fourth-order valence-corrected chi connectivity index (χ4v) is 4.11. The summed E-state index contributed by atoms with van der Waals surface area (Å²) in [6.07, 6.45) is 0.972. The molecule has 1 aliphatic rings. The van der Waals surface area contributed by atoms with E-state index in [0.717, 1.165) is 6.42 Å². The van der Waals surface area contributed by atoms with Gasteiger partial charge in [-0.2, -0.15) is 13.2 Å². The first-order valence-corrected chi connectivity index (χ1v) is 12.0. The Balaban J connectivity index is 1.60. The molecule has 0 aromatic carbocycles. The molecule has 1 fully saturated rings. The van der Waals surface area contributed by atoms with Gasteiger partial charge in [-0.05, 0) is 18.6 Å². The largest absolute Gasteiger partial charge is 0.449 e. The van der Waals surface area contributed by atoms with Crippen molar-refractivity contribution < 1.29 is 27.5 Å². The van der Waals surface area contributed by atoms with Crippen LogP contribution in [0.5, 0.6) is 0 Å². The number of carbonyl (C=O) groups is 2. The van der Waals surface area contributed by atoms with Crippen LogP contribution < -0.4 is 10.2 Å². The van der Waals surface area contributed by atoms with Crippen LogP contribution in [0.25, 0.3) is 22.4 Å². The number of halogens is 4. The summed E-state index contributed by atoms with van der Waals surface area (Å²) in [4.78, 5) is 44.4. The number of anilines is 1. The molecule has 1 saturated heterocycles. The number of rotatable bonds is 7. The summed E-state index contributed by atoms with van der Waals surface area (Å²) >= 11 is 6.09. The number of carbonyl (C=O) groups excluding carboxylic acids is 2. The maximum Gasteiger partial charge on any atom is 0.409 e. The number of alkyl halides is 3. The van der Waals surface area contributed by atoms with Crippen LogP contribution in [0.15, 0.2) is 30.7 Å². The van der Waals surface area contributed by atoms with Crippen LogP contribution in [0.4, 0.5) is 23.8 Å². The van der Waals surface area contributed by atoms with Crippen molar-refractivity contribution in [2.45, 2.75) is 32.0 Å². The maximum atomic E-state index is 12.9. The molecule has 37 heavy (non-hydrogen) atoms. The highest BCUT2D eigenvalue weighted by atomic mass is 35.5. The third-order valence-electron chi connectivity index (χ3n) is 5.80. The lowest BCUT2D eigenvalue weighted by Crippen LogP contribution is -2.61. The fraction of sp³-hybridized carbons (Fsp3) is 0.435. The van der Waals surface area contributed by atoms with Crippen molar-refractivity contribution in [1.29, 1.82) is 0 Å². The van der Waals surface area contributed by atoms with Gasteiger partial charge in [-0.25, -0.2) is 19.7 Å². The molecule has 2 N–H and O–H groups in total. The molecular weight excluding hydrogens is 515 g/mol. The van der Waals surface area contributed by atoms with Crippen molar-refractivity contribution >= 4 is 40.5 Å². The van der Waals surface area contributed by atoms with Crippen molar-refractivity contribution in [2.24, 2.45) is 0 Å². The molecule has 0 unspecified atom stereocenters. The van der Waals surface area contributed by atoms with Gasteiger partial charge in [0.05, 0.1) is 18.2 Å². The topological polar surface area (TPSA) is 116 Å². The van der Waals surface area contributed by atoms with Crippen molar-refractivity contribution in [1.82, 2.24) is 30.2 Å². The second kappa shape index (κ2) is 11.2. The Labute approximate surface area is 215 Å². The number of ether oxygens (including phenoxy) is 1. The third-order valence-corrected chi connectivity index (χ3v) is 6.01. The minimum absolute atomic E-state index is 0.144. The number of piperazine rings is 1. The molecule has 4 rings (SSSR count). The standard InChI is InChI=1S/C23H25ClF3N7O3/c1-2-3-8-37-22(36)33-6-7-34(17(12-33)21(35)31-13-23(25,26)27)18-4-5-28-20(32-18)16-11-30-19-15(16)9-14(24)10-29-19/h4-5,9-11,17H,2-3,6-8,12-13H2,1H3,(H,29,30)(H,31,35)/t17-/m0/s1. The molecule has 3 aromatic rings. The molecule has 1 aliphatic heterocycles. The number of nitrogens with one attached hydrogen (secondary N) is 2. The molecule has 3 aromatic heterocycles. The lowest BCUT2D eigenvalue weighted by atomic mass is 10.1. The predicted molar refractivity (Wildman–Crippen MR) is 130 cm³/mol. The molecule has 1 atom stereocenters. The van der Waals surface area contributed by atoms with E-state index in [0.29, 0.717) is 39.7 Å². The number of aromatic amines is 1. The lowest BCUT2D eigenvalue weighted by molar-refractivity contribution is -0.139. The summed E-state index contributed by atoms with van der Waals surface area (Å²) in [5, 5.41) is 3.03. The van der Waals surface area contributed by atoms with Gasteiger partial charge in [-0.3, -0.25) is 4.79 Å². The summed E-state index contributed by atoms with van der Waals surface area (Å²) in [5.74, 6) is -0.254. The first-order chi connectivity index (χ1) is 17.7. The number of pyridine rings is 1. The highest BCUT2D eigenvalue weighted by molar-refractivity contribution is 6.31. The second-order valence-electron chi connectivity index (χ2n) is 8.45. The molecule has 0 aliphatic carbocycles. The van der Waals surface area contributed by atoms with Crippen LogP contribution in [0.2, 0.25) is 5.02 Å². The average Bonchev–Trinajstić information content (AvgIpc) is 3.29. The number of hydrogen-bond acceptors (Lipinski definition) is 7. The number of nitrogens with zero attached hydrogens (tertiary/aromatic N) is 5. The molecule has 4 heterocycles. The van der Waals surface area contributed by atoms with Crippen LogP contribution in [0, 0.1) is 0 Å². The van der Waals surface area contributed by atoms with Crippen LogP contribution in [0.3, 0.4) is 0 Å². The van der Waals surface area contributed by atoms with Crippen LogP contribution >= 0.6 is 11.6 Å². The molecule has 0 saturated carbocycles. The first-order valence-electron chi connectivity index (χ1n) is 11.6. The Bertz CT molecular complexity index is 1270. The number of H-pyrrole nitrogens is 1. The third kappa shape index (κ3) is 6.40. The Morgan fingerprint density at radius 1 is 1.30 bits per heavy atom. The van der Waals surface area contributed by atoms with Gasteiger partial charge in [0, 0.05) is 42.6 Å². The Morgan fingerprint density at radius 3 is 2.86 bits per heavy atom. The monoisotopic (exact) mass is 539 g/mol. The summed E-state index contributed by atoms with van der Waals surface area (Å²) in [7, 11) is 0. The molecule has 14 heteroatoms. The molecule has 10 nitrogen and oxygen atoms in total. The van der Waals surface area contributed by atoms with E-state index in [-0.39, 0.29) is 26.2 Å². The zero-order valence-electron chi connectivity index (χ0n) is 19.9. The number of amides is 2. The number of fused-ring (bicyclic) bond motifs is 1. The maximum absolute atomic E-state index is 12.9. The number of aromatic nitrogens is 4. The van der Waals surface area contributed by atoms with E-state index < -0.39 is 30.8 Å². The highest BCUT2D eigenvalue weighted by Crippen LogP contribution is 2.29. The molecule has 0 bridgehead atoms. The zero-order valence-corrected chi connectivity index (χ0v) is 20.6. The smallest absolute Gasteiger partial charge is 0.409 e. The van der Waals surface area contributed by atoms with Crippen molar-refractivity contribution in [3.63, 3.8) is 0 Å². The summed E-state index contributed by atoms with van der Waals surface area (Å²) in [6.45, 7) is 0.852. The summed E-state index contributed by atoms with van der Waals surface area (Å²) in [6, 6.07) is 2.14. The van der Waals surface area contributed by atoms with E-state index in [2.05, 4.69) is 19.9 Å². The van der Waals surface area contributed by atoms with Crippen LogP contribution in [0.1, 0.15) is 19.8 Å². The van der Waals surface area contributed by atoms with E-state index in [1.807, 2.05) is 12.2 Å². The van der Waals surface area contributed by atoms with Gasteiger partial charge < -0.3 is 24.8 Å². The van der Waals surface area contributed by atoms with E-state index >= 15 is 0 Å². The molecule has 198 valence electrons. The number of hydrogen-bond donors (Lipinski definition) is 2. The Kier molecular flexibility index (Phi) is 8.00. The van der Waals surface area contributed by atoms with E-state index in [4.69, 9.17) is 16.3 Å². The van der Waals surface area contributed by atoms with Gasteiger partial charge in [0.25, 0.3) is 0 Å². The summed E-state index contributed by atoms with van der Waals surface area (Å²) in [5.41, 5.74) is 1.19. The number of unbranched alkanes of at least 4 members (excludes halogenated alkanes) is 1. The Hall–Kier alpha value is -3.61. The minimum Gasteiger partial charge on any atom is -0.449 e. The van der Waals surface area contributed by atoms with Gasteiger partial charge in [0.2, 0.25) is 5.91 Å². The molecular formula is C23H25ClF3N7O3. The predicted octanol–water partition coefficient (Wildman–Crippen LogP) is 3.78. The second-order valence-corrected chi connectivity index (χ2v) is 8.88. The van der Waals surface area contributed by atoms with Gasteiger partial charge in [0.1, 0.15) is 24.1 Å². The molecule has 0 radical (unpaired) electrons. The van der Waals surface area contributed by atoms with Crippen molar-refractivity contribution in [3.8, 4) is 11.4 Å². The molecule has 0 spiro atoms. The van der Waals surface area contributed by atoms with Crippen molar-refractivity contribution in [2.75, 3.05) is 37.7 Å². The quantitative estimate of drug-likeness (QED) is 0.439. The van der Waals surface area contributed by atoms with E-state index in [1.165, 1.54) is 17.3 Å². The van der Waals surface area contributed by atoms with E-state index in [1.54, 1.807) is 23.2 Å². The van der Waals surface area contributed by atoms with Crippen LogP contribution in [-0.2, 0) is 9.53 Å². The van der Waals surface area contributed by atoms with Crippen LogP contribution in [-0.4, -0.2) is 81.8 Å². The zero-order chi connectivity index (χ0) is 26.6. The van der Waals surface area contributed by atoms with Gasteiger partial charge in [0.15, 0.2) is 5.82 Å². The lowest BCUT2D eigenvalue weighted by Gasteiger charge is -2.40. The fourth-order valence-electron chi connectivity index (χ4n) is 3.95. The normalized spacial score (nSPS) is 16.2. The Morgan fingerprint density at radius 2 is 2.11 bits per heavy atom. The average molecular weight is 540 g/mol.